The Hall–Kier alpha value is -1.84. The number of carbonyl (C=O) groups excluding carboxylic acids is 1. The van der Waals surface area contributed by atoms with Gasteiger partial charge in [-0.05, 0) is 30.5 Å². The fourth-order valence-corrected chi connectivity index (χ4v) is 2.31. The molecular formula is C14H17NO3. The highest BCUT2D eigenvalue weighted by molar-refractivity contribution is 5.92. The van der Waals surface area contributed by atoms with E-state index in [1.54, 1.807) is 24.3 Å². The molecule has 1 aromatic carbocycles. The fourth-order valence-electron chi connectivity index (χ4n) is 2.31. The van der Waals surface area contributed by atoms with Crippen molar-refractivity contribution in [2.24, 2.45) is 5.92 Å². The molecule has 0 bridgehead atoms. The lowest BCUT2D eigenvalue weighted by Gasteiger charge is -2.10. The van der Waals surface area contributed by atoms with Gasteiger partial charge in [0.15, 0.2) is 0 Å². The normalized spacial score (nSPS) is 15.6. The second kappa shape index (κ2) is 5.67. The lowest BCUT2D eigenvalue weighted by Crippen LogP contribution is -2.20. The number of anilines is 1. The van der Waals surface area contributed by atoms with E-state index in [1.807, 2.05) is 0 Å². The smallest absolute Gasteiger partial charge is 0.307 e. The number of carbonyl (C=O) groups is 2. The summed E-state index contributed by atoms with van der Waals surface area (Å²) in [6.45, 7) is 0. The number of hydrogen-bond donors (Lipinski definition) is 2. The van der Waals surface area contributed by atoms with Crippen LogP contribution in [0.4, 0.5) is 5.69 Å². The SMILES string of the molecule is O=C(O)Cc1ccc(NC(=O)C2CCCC2)cc1. The Bertz CT molecular complexity index is 433. The quantitative estimate of drug-likeness (QED) is 0.858. The molecule has 0 aromatic heterocycles. The highest BCUT2D eigenvalue weighted by Crippen LogP contribution is 2.26. The first-order chi connectivity index (χ1) is 8.65. The molecule has 0 radical (unpaired) electrons. The first kappa shape index (κ1) is 12.6. The van der Waals surface area contributed by atoms with Crippen LogP contribution in [-0.4, -0.2) is 17.0 Å². The molecule has 0 atom stereocenters. The van der Waals surface area contributed by atoms with Crippen molar-refractivity contribution in [3.63, 3.8) is 0 Å². The van der Waals surface area contributed by atoms with Crippen molar-refractivity contribution >= 4 is 17.6 Å². The van der Waals surface area contributed by atoms with Crippen LogP contribution in [-0.2, 0) is 16.0 Å². The summed E-state index contributed by atoms with van der Waals surface area (Å²) < 4.78 is 0. The molecule has 1 aromatic rings. The highest BCUT2D eigenvalue weighted by atomic mass is 16.4. The van der Waals surface area contributed by atoms with E-state index >= 15 is 0 Å². The molecule has 0 heterocycles. The minimum Gasteiger partial charge on any atom is -0.481 e. The number of aliphatic carboxylic acids is 1. The monoisotopic (exact) mass is 247 g/mol. The zero-order valence-electron chi connectivity index (χ0n) is 10.2. The number of hydrogen-bond acceptors (Lipinski definition) is 2. The first-order valence-electron chi connectivity index (χ1n) is 6.27. The van der Waals surface area contributed by atoms with Crippen molar-refractivity contribution < 1.29 is 14.7 Å². The summed E-state index contributed by atoms with van der Waals surface area (Å²) in [7, 11) is 0. The molecule has 1 aliphatic rings. The molecule has 4 heteroatoms. The third kappa shape index (κ3) is 3.32. The Labute approximate surface area is 106 Å². The fraction of sp³-hybridized carbons (Fsp3) is 0.429. The summed E-state index contributed by atoms with van der Waals surface area (Å²) in [5.41, 5.74) is 1.47. The van der Waals surface area contributed by atoms with E-state index in [1.165, 1.54) is 0 Å². The van der Waals surface area contributed by atoms with E-state index in [-0.39, 0.29) is 18.2 Å². The predicted octanol–water partition coefficient (Wildman–Crippen LogP) is 2.44. The maximum absolute atomic E-state index is 11.9. The average Bonchev–Trinajstić information content (AvgIpc) is 2.84. The van der Waals surface area contributed by atoms with Crippen molar-refractivity contribution in [1.82, 2.24) is 0 Å². The van der Waals surface area contributed by atoms with Gasteiger partial charge in [0.1, 0.15) is 0 Å². The Balaban J connectivity index is 1.93. The third-order valence-electron chi connectivity index (χ3n) is 3.30. The summed E-state index contributed by atoms with van der Waals surface area (Å²) in [5, 5.41) is 11.5. The lowest BCUT2D eigenvalue weighted by atomic mass is 10.1. The molecule has 2 rings (SSSR count). The van der Waals surface area contributed by atoms with Crippen LogP contribution in [0.2, 0.25) is 0 Å². The lowest BCUT2D eigenvalue weighted by molar-refractivity contribution is -0.136. The van der Waals surface area contributed by atoms with Crippen LogP contribution in [0.15, 0.2) is 24.3 Å². The zero-order valence-corrected chi connectivity index (χ0v) is 10.2. The largest absolute Gasteiger partial charge is 0.481 e. The summed E-state index contributed by atoms with van der Waals surface area (Å²) in [5.74, 6) is -0.625. The summed E-state index contributed by atoms with van der Waals surface area (Å²) in [4.78, 5) is 22.4. The second-order valence-electron chi connectivity index (χ2n) is 4.74. The topological polar surface area (TPSA) is 66.4 Å². The van der Waals surface area contributed by atoms with Gasteiger partial charge in [-0.25, -0.2) is 0 Å². The standard InChI is InChI=1S/C14H17NO3/c16-13(17)9-10-5-7-12(8-6-10)15-14(18)11-3-1-2-4-11/h5-8,11H,1-4,9H2,(H,15,18)(H,16,17). The Kier molecular flexibility index (Phi) is 3.97. The molecule has 1 aliphatic carbocycles. The van der Waals surface area contributed by atoms with E-state index < -0.39 is 5.97 Å². The van der Waals surface area contributed by atoms with Crippen molar-refractivity contribution in [2.75, 3.05) is 5.32 Å². The van der Waals surface area contributed by atoms with Gasteiger partial charge in [-0.2, -0.15) is 0 Å². The van der Waals surface area contributed by atoms with E-state index in [0.29, 0.717) is 0 Å². The van der Waals surface area contributed by atoms with Gasteiger partial charge in [-0.3, -0.25) is 9.59 Å². The molecule has 0 aliphatic heterocycles. The van der Waals surface area contributed by atoms with Crippen molar-refractivity contribution in [2.45, 2.75) is 32.1 Å². The number of nitrogens with one attached hydrogen (secondary N) is 1. The van der Waals surface area contributed by atoms with Crippen LogP contribution in [0.3, 0.4) is 0 Å². The van der Waals surface area contributed by atoms with Gasteiger partial charge in [0.2, 0.25) is 5.91 Å². The van der Waals surface area contributed by atoms with Gasteiger partial charge in [0.05, 0.1) is 6.42 Å². The zero-order chi connectivity index (χ0) is 13.0. The van der Waals surface area contributed by atoms with Crippen LogP contribution in [0.1, 0.15) is 31.2 Å². The summed E-state index contributed by atoms with van der Waals surface area (Å²) >= 11 is 0. The van der Waals surface area contributed by atoms with E-state index in [2.05, 4.69) is 5.32 Å². The second-order valence-corrected chi connectivity index (χ2v) is 4.74. The van der Waals surface area contributed by atoms with Crippen LogP contribution in [0.5, 0.6) is 0 Å². The van der Waals surface area contributed by atoms with Crippen LogP contribution < -0.4 is 5.32 Å². The molecule has 0 unspecified atom stereocenters. The minimum absolute atomic E-state index is 0.0108. The Morgan fingerprint density at radius 2 is 1.78 bits per heavy atom. The van der Waals surface area contributed by atoms with Crippen LogP contribution >= 0.6 is 0 Å². The number of rotatable bonds is 4. The van der Waals surface area contributed by atoms with Gasteiger partial charge >= 0.3 is 5.97 Å². The molecule has 1 fully saturated rings. The maximum atomic E-state index is 11.9. The van der Waals surface area contributed by atoms with E-state index in [0.717, 1.165) is 36.9 Å². The van der Waals surface area contributed by atoms with Gasteiger partial charge in [0.25, 0.3) is 0 Å². The van der Waals surface area contributed by atoms with E-state index in [4.69, 9.17) is 5.11 Å². The predicted molar refractivity (Wildman–Crippen MR) is 68.4 cm³/mol. The Morgan fingerprint density at radius 3 is 2.33 bits per heavy atom. The van der Waals surface area contributed by atoms with Crippen molar-refractivity contribution in [3.8, 4) is 0 Å². The van der Waals surface area contributed by atoms with Crippen LogP contribution in [0.25, 0.3) is 0 Å². The molecular weight excluding hydrogens is 230 g/mol. The average molecular weight is 247 g/mol. The number of carboxylic acid groups (broad SMARTS) is 1. The van der Waals surface area contributed by atoms with Gasteiger partial charge in [-0.1, -0.05) is 25.0 Å². The minimum atomic E-state index is -0.849. The summed E-state index contributed by atoms with van der Waals surface area (Å²) in [6, 6.07) is 6.98. The van der Waals surface area contributed by atoms with Gasteiger partial charge in [0, 0.05) is 11.6 Å². The first-order valence-corrected chi connectivity index (χ1v) is 6.27. The van der Waals surface area contributed by atoms with Crippen LogP contribution in [0, 0.1) is 5.92 Å². The molecule has 4 nitrogen and oxygen atoms in total. The van der Waals surface area contributed by atoms with Gasteiger partial charge < -0.3 is 10.4 Å². The van der Waals surface area contributed by atoms with Crippen molar-refractivity contribution in [3.05, 3.63) is 29.8 Å². The molecule has 1 amide bonds. The third-order valence-corrected chi connectivity index (χ3v) is 3.30. The molecule has 18 heavy (non-hydrogen) atoms. The molecule has 0 spiro atoms. The number of benzene rings is 1. The maximum Gasteiger partial charge on any atom is 0.307 e. The molecule has 2 N–H and O–H groups in total. The molecule has 0 saturated heterocycles. The summed E-state index contributed by atoms with van der Waals surface area (Å²) in [6.07, 6.45) is 4.23. The van der Waals surface area contributed by atoms with Crippen molar-refractivity contribution in [1.29, 1.82) is 0 Å². The highest BCUT2D eigenvalue weighted by Gasteiger charge is 2.22. The molecule has 96 valence electrons. The van der Waals surface area contributed by atoms with Gasteiger partial charge in [-0.15, -0.1) is 0 Å². The Morgan fingerprint density at radius 1 is 1.17 bits per heavy atom. The molecule has 1 saturated carbocycles. The van der Waals surface area contributed by atoms with E-state index in [9.17, 15) is 9.59 Å². The number of amides is 1. The number of carboxylic acids is 1.